The fourth-order valence-electron chi connectivity index (χ4n) is 6.19. The lowest BCUT2D eigenvalue weighted by molar-refractivity contribution is -0.167. The predicted molar refractivity (Wildman–Crippen MR) is 139 cm³/mol. The Morgan fingerprint density at radius 2 is 1.57 bits per heavy atom. The second-order valence-electron chi connectivity index (χ2n) is 11.0. The normalized spacial score (nSPS) is 27.5. The van der Waals surface area contributed by atoms with E-state index in [-0.39, 0.29) is 53.4 Å². The van der Waals surface area contributed by atoms with Crippen LogP contribution >= 0.6 is 24.8 Å². The zero-order chi connectivity index (χ0) is 23.2. The van der Waals surface area contributed by atoms with Crippen molar-refractivity contribution in [3.8, 4) is 11.5 Å². The summed E-state index contributed by atoms with van der Waals surface area (Å²) in [5, 5.41) is 0. The number of carbonyl (C=O) groups excluding carboxylic acids is 2. The van der Waals surface area contributed by atoms with E-state index in [0.717, 1.165) is 76.5 Å². The molecule has 3 fully saturated rings. The van der Waals surface area contributed by atoms with E-state index in [1.165, 1.54) is 5.56 Å². The maximum absolute atomic E-state index is 13.1. The largest absolute Gasteiger partial charge is 0.454 e. The molecule has 9 heteroatoms. The van der Waals surface area contributed by atoms with Crippen molar-refractivity contribution in [2.24, 2.45) is 16.7 Å². The number of piperazine rings is 1. The third-order valence-corrected chi connectivity index (χ3v) is 8.92. The van der Waals surface area contributed by atoms with Crippen molar-refractivity contribution >= 4 is 36.6 Å². The minimum Gasteiger partial charge on any atom is -0.454 e. The van der Waals surface area contributed by atoms with Crippen LogP contribution in [0.3, 0.4) is 0 Å². The molecule has 3 aliphatic heterocycles. The van der Waals surface area contributed by atoms with Gasteiger partial charge in [-0.3, -0.25) is 19.4 Å². The van der Waals surface area contributed by atoms with E-state index >= 15 is 0 Å². The first kappa shape index (κ1) is 28.0. The molecule has 7 nitrogen and oxygen atoms in total. The van der Waals surface area contributed by atoms with Crippen molar-refractivity contribution in [2.75, 3.05) is 46.1 Å². The number of fused-ring (bicyclic) bond motifs is 3. The lowest BCUT2D eigenvalue weighted by Crippen LogP contribution is -2.59. The third kappa shape index (κ3) is 5.02. The van der Waals surface area contributed by atoms with Crippen molar-refractivity contribution in [3.05, 3.63) is 23.8 Å². The van der Waals surface area contributed by atoms with Gasteiger partial charge < -0.3 is 14.4 Å². The van der Waals surface area contributed by atoms with E-state index in [9.17, 15) is 9.59 Å². The molecular formula is C26H39Cl2N3O4. The molecule has 35 heavy (non-hydrogen) atoms. The van der Waals surface area contributed by atoms with Gasteiger partial charge >= 0.3 is 0 Å². The Morgan fingerprint density at radius 3 is 2.31 bits per heavy atom. The molecule has 4 aliphatic rings. The molecule has 2 atom stereocenters. The van der Waals surface area contributed by atoms with Crippen LogP contribution in [0.25, 0.3) is 0 Å². The van der Waals surface area contributed by atoms with Crippen molar-refractivity contribution < 1.29 is 19.1 Å². The van der Waals surface area contributed by atoms with Crippen molar-refractivity contribution in [3.63, 3.8) is 0 Å². The van der Waals surface area contributed by atoms with Gasteiger partial charge in [0.05, 0.1) is 5.41 Å². The van der Waals surface area contributed by atoms with E-state index < -0.39 is 0 Å². The second-order valence-corrected chi connectivity index (χ2v) is 11.0. The van der Waals surface area contributed by atoms with Gasteiger partial charge in [-0.1, -0.05) is 26.8 Å². The number of piperidine rings is 1. The van der Waals surface area contributed by atoms with Crippen LogP contribution < -0.4 is 9.47 Å². The Balaban J connectivity index is 0.00000171. The summed E-state index contributed by atoms with van der Waals surface area (Å²) in [7, 11) is 0. The van der Waals surface area contributed by atoms with E-state index in [1.54, 1.807) is 4.90 Å². The summed E-state index contributed by atoms with van der Waals surface area (Å²) in [6, 6.07) is 6.21. The number of hydrogen-bond acceptors (Lipinski definition) is 6. The SMILES string of the molecule is CC12CCC(C(=O)N(CCCCN3CCN(Cc4ccc5c(c4)OCO5)CC3)C1=O)C2(C)C.Cl.Cl. The molecular weight excluding hydrogens is 489 g/mol. The summed E-state index contributed by atoms with van der Waals surface area (Å²) in [5.74, 6) is 1.81. The van der Waals surface area contributed by atoms with Crippen molar-refractivity contribution in [1.29, 1.82) is 0 Å². The number of carbonyl (C=O) groups is 2. The smallest absolute Gasteiger partial charge is 0.235 e. The minimum atomic E-state index is -0.389. The zero-order valence-electron chi connectivity index (χ0n) is 21.1. The molecule has 1 aromatic carbocycles. The van der Waals surface area contributed by atoms with Crippen LogP contribution in [-0.2, 0) is 16.1 Å². The van der Waals surface area contributed by atoms with Crippen LogP contribution in [-0.4, -0.2) is 72.6 Å². The fourth-order valence-corrected chi connectivity index (χ4v) is 6.19. The summed E-state index contributed by atoms with van der Waals surface area (Å²) >= 11 is 0. The number of rotatable bonds is 7. The molecule has 0 radical (unpaired) electrons. The van der Waals surface area contributed by atoms with Gasteiger partial charge in [-0.15, -0.1) is 24.8 Å². The van der Waals surface area contributed by atoms with Crippen LogP contribution in [0.2, 0.25) is 0 Å². The molecule has 0 N–H and O–H groups in total. The average molecular weight is 529 g/mol. The van der Waals surface area contributed by atoms with Crippen LogP contribution in [0, 0.1) is 16.7 Å². The molecule has 0 aromatic heterocycles. The van der Waals surface area contributed by atoms with Gasteiger partial charge in [-0.2, -0.15) is 0 Å². The van der Waals surface area contributed by atoms with Crippen molar-refractivity contribution in [2.45, 2.75) is 53.0 Å². The van der Waals surface area contributed by atoms with Gasteiger partial charge in [-0.05, 0) is 55.3 Å². The third-order valence-electron chi connectivity index (χ3n) is 8.92. The summed E-state index contributed by atoms with van der Waals surface area (Å²) < 4.78 is 10.9. The minimum absolute atomic E-state index is 0. The molecule has 2 unspecified atom stereocenters. The number of imide groups is 1. The van der Waals surface area contributed by atoms with E-state index in [0.29, 0.717) is 13.3 Å². The Kier molecular flexibility index (Phi) is 8.68. The van der Waals surface area contributed by atoms with Crippen molar-refractivity contribution in [1.82, 2.24) is 14.7 Å². The summed E-state index contributed by atoms with van der Waals surface area (Å²) in [5.41, 5.74) is 0.645. The predicted octanol–water partition coefficient (Wildman–Crippen LogP) is 3.97. The monoisotopic (exact) mass is 527 g/mol. The second kappa shape index (κ2) is 10.8. The van der Waals surface area contributed by atoms with Crippen LogP contribution in [0.15, 0.2) is 18.2 Å². The molecule has 1 aliphatic carbocycles. The van der Waals surface area contributed by atoms with E-state index in [2.05, 4.69) is 42.7 Å². The molecule has 5 rings (SSSR count). The maximum atomic E-state index is 13.1. The number of unbranched alkanes of at least 4 members (excludes halogenated alkanes) is 1. The highest BCUT2D eigenvalue weighted by Gasteiger charge is 2.64. The molecule has 0 spiro atoms. The Labute approximate surface area is 221 Å². The number of ether oxygens (including phenoxy) is 2. The highest BCUT2D eigenvalue weighted by Crippen LogP contribution is 2.60. The lowest BCUT2D eigenvalue weighted by Gasteiger charge is -2.47. The average Bonchev–Trinajstić information content (AvgIpc) is 3.33. The first-order valence-corrected chi connectivity index (χ1v) is 12.5. The first-order chi connectivity index (χ1) is 15.8. The molecule has 196 valence electrons. The van der Waals surface area contributed by atoms with E-state index in [1.807, 2.05) is 6.07 Å². The number of benzene rings is 1. The van der Waals surface area contributed by atoms with Crippen LogP contribution in [0.4, 0.5) is 0 Å². The number of hydrogen-bond donors (Lipinski definition) is 0. The summed E-state index contributed by atoms with van der Waals surface area (Å²) in [6.07, 6.45) is 3.59. The molecule has 2 saturated heterocycles. The summed E-state index contributed by atoms with van der Waals surface area (Å²) in [4.78, 5) is 32.7. The number of amides is 2. The molecule has 2 amide bonds. The van der Waals surface area contributed by atoms with Crippen LogP contribution in [0.5, 0.6) is 11.5 Å². The molecule has 2 bridgehead atoms. The lowest BCUT2D eigenvalue weighted by atomic mass is 9.62. The quantitative estimate of drug-likeness (QED) is 0.395. The van der Waals surface area contributed by atoms with Gasteiger partial charge in [0.25, 0.3) is 0 Å². The number of likely N-dealkylation sites (tertiary alicyclic amines) is 1. The van der Waals surface area contributed by atoms with Gasteiger partial charge in [0.2, 0.25) is 18.6 Å². The first-order valence-electron chi connectivity index (χ1n) is 12.5. The van der Waals surface area contributed by atoms with E-state index in [4.69, 9.17) is 9.47 Å². The van der Waals surface area contributed by atoms with Gasteiger partial charge in [-0.25, -0.2) is 0 Å². The maximum Gasteiger partial charge on any atom is 0.235 e. The van der Waals surface area contributed by atoms with Gasteiger partial charge in [0.15, 0.2) is 11.5 Å². The van der Waals surface area contributed by atoms with Gasteiger partial charge in [0.1, 0.15) is 0 Å². The highest BCUT2D eigenvalue weighted by atomic mass is 35.5. The topological polar surface area (TPSA) is 62.3 Å². The Morgan fingerprint density at radius 1 is 0.914 bits per heavy atom. The van der Waals surface area contributed by atoms with Crippen LogP contribution in [0.1, 0.15) is 52.0 Å². The standard InChI is InChI=1S/C26H37N3O4.2ClH/c1-25(2)20-8-9-26(25,3)24(31)29(23(20)30)11-5-4-10-27-12-14-28(15-13-27)17-19-6-7-21-22(16-19)33-18-32-21;;/h6-7,16,20H,4-5,8-15,17-18H2,1-3H3;2*1H. The molecule has 1 saturated carbocycles. The fraction of sp³-hybridized carbons (Fsp3) is 0.692. The highest BCUT2D eigenvalue weighted by molar-refractivity contribution is 6.03. The zero-order valence-corrected chi connectivity index (χ0v) is 22.7. The Bertz CT molecular complexity index is 935. The summed E-state index contributed by atoms with van der Waals surface area (Å²) in [6.45, 7) is 13.3. The molecule has 1 aromatic rings. The molecule has 3 heterocycles. The number of nitrogens with zero attached hydrogens (tertiary/aromatic N) is 3. The Hall–Kier alpha value is -1.54. The number of halogens is 2. The van der Waals surface area contributed by atoms with Gasteiger partial charge in [0, 0.05) is 45.2 Å².